The standard InChI is InChI=1S/C22H20N2O3S/c1-14-10-11-16(12-23-14)20(25)19-17-8-5-9-18(17)28-21(19)24-22(26)27-13-15-6-3-2-4-7-15/h2-4,6-7,10-12H,5,8-9,13H2,1H3,(H,24,26). The van der Waals surface area contributed by atoms with Gasteiger partial charge in [0.15, 0.2) is 5.78 Å². The summed E-state index contributed by atoms with van der Waals surface area (Å²) in [4.78, 5) is 30.8. The number of carbonyl (C=O) groups excluding carboxylic acids is 2. The van der Waals surface area contributed by atoms with Crippen molar-refractivity contribution in [2.75, 3.05) is 5.32 Å². The Bertz CT molecular complexity index is 1010. The van der Waals surface area contributed by atoms with Gasteiger partial charge in [0.25, 0.3) is 0 Å². The Morgan fingerprint density at radius 3 is 2.71 bits per heavy atom. The summed E-state index contributed by atoms with van der Waals surface area (Å²) in [5.41, 5.74) is 3.93. The number of aryl methyl sites for hydroxylation is 2. The number of amides is 1. The number of nitrogens with zero attached hydrogens (tertiary/aromatic N) is 1. The molecule has 0 saturated carbocycles. The Labute approximate surface area is 167 Å². The number of benzene rings is 1. The first-order chi connectivity index (χ1) is 13.6. The highest BCUT2D eigenvalue weighted by Gasteiger charge is 2.28. The molecule has 1 aliphatic rings. The van der Waals surface area contributed by atoms with Crippen LogP contribution >= 0.6 is 11.3 Å². The maximum absolute atomic E-state index is 13.1. The van der Waals surface area contributed by atoms with Crippen LogP contribution in [0.25, 0.3) is 0 Å². The molecule has 1 N–H and O–H groups in total. The van der Waals surface area contributed by atoms with Crippen molar-refractivity contribution >= 4 is 28.2 Å². The van der Waals surface area contributed by atoms with Crippen LogP contribution in [0.15, 0.2) is 48.7 Å². The van der Waals surface area contributed by atoms with Gasteiger partial charge in [-0.1, -0.05) is 30.3 Å². The molecule has 28 heavy (non-hydrogen) atoms. The van der Waals surface area contributed by atoms with Crippen molar-refractivity contribution in [3.05, 3.63) is 81.5 Å². The molecule has 3 aromatic rings. The predicted octanol–water partition coefficient (Wildman–Crippen LogP) is 4.92. The van der Waals surface area contributed by atoms with Gasteiger partial charge in [0.05, 0.1) is 5.56 Å². The van der Waals surface area contributed by atoms with Crippen LogP contribution in [0.4, 0.5) is 9.80 Å². The number of fused-ring (bicyclic) bond motifs is 1. The summed E-state index contributed by atoms with van der Waals surface area (Å²) in [5, 5.41) is 3.35. The first-order valence-electron chi connectivity index (χ1n) is 9.21. The van der Waals surface area contributed by atoms with Gasteiger partial charge in [-0.3, -0.25) is 15.1 Å². The maximum Gasteiger partial charge on any atom is 0.412 e. The van der Waals surface area contributed by atoms with E-state index in [0.29, 0.717) is 16.1 Å². The van der Waals surface area contributed by atoms with Crippen LogP contribution in [0.1, 0.15) is 44.0 Å². The maximum atomic E-state index is 13.1. The number of anilines is 1. The van der Waals surface area contributed by atoms with Gasteiger partial charge in [0, 0.05) is 22.3 Å². The Balaban J connectivity index is 1.55. The highest BCUT2D eigenvalue weighted by atomic mass is 32.1. The lowest BCUT2D eigenvalue weighted by Crippen LogP contribution is -2.15. The van der Waals surface area contributed by atoms with Crippen molar-refractivity contribution in [2.24, 2.45) is 0 Å². The minimum Gasteiger partial charge on any atom is -0.444 e. The van der Waals surface area contributed by atoms with Crippen LogP contribution in [0.5, 0.6) is 0 Å². The Morgan fingerprint density at radius 2 is 1.96 bits per heavy atom. The Morgan fingerprint density at radius 1 is 1.14 bits per heavy atom. The van der Waals surface area contributed by atoms with Crippen molar-refractivity contribution in [1.29, 1.82) is 0 Å². The second kappa shape index (κ2) is 7.94. The van der Waals surface area contributed by atoms with Gasteiger partial charge in [-0.05, 0) is 49.4 Å². The Kier molecular flexibility index (Phi) is 5.21. The van der Waals surface area contributed by atoms with Crippen LogP contribution in [0, 0.1) is 6.92 Å². The zero-order valence-corrected chi connectivity index (χ0v) is 16.3. The molecule has 0 bridgehead atoms. The molecule has 1 amide bonds. The molecule has 2 heterocycles. The minimum atomic E-state index is -0.556. The van der Waals surface area contributed by atoms with Crippen LogP contribution in [-0.4, -0.2) is 16.9 Å². The Hall–Kier alpha value is -2.99. The van der Waals surface area contributed by atoms with Crippen molar-refractivity contribution in [2.45, 2.75) is 32.8 Å². The van der Waals surface area contributed by atoms with Crippen LogP contribution in [-0.2, 0) is 24.2 Å². The lowest BCUT2D eigenvalue weighted by atomic mass is 10.0. The number of aromatic nitrogens is 1. The monoisotopic (exact) mass is 392 g/mol. The van der Waals surface area contributed by atoms with E-state index in [1.165, 1.54) is 16.2 Å². The van der Waals surface area contributed by atoms with E-state index in [4.69, 9.17) is 4.74 Å². The molecule has 2 aromatic heterocycles. The molecule has 6 heteroatoms. The number of hydrogen-bond donors (Lipinski definition) is 1. The summed E-state index contributed by atoms with van der Waals surface area (Å²) in [5.74, 6) is -0.106. The van der Waals surface area contributed by atoms with E-state index in [1.54, 1.807) is 12.3 Å². The quantitative estimate of drug-likeness (QED) is 0.626. The van der Waals surface area contributed by atoms with E-state index in [0.717, 1.165) is 36.1 Å². The first-order valence-corrected chi connectivity index (χ1v) is 10.0. The molecule has 4 rings (SSSR count). The number of nitrogens with one attached hydrogen (secondary N) is 1. The third-order valence-corrected chi connectivity index (χ3v) is 5.96. The van der Waals surface area contributed by atoms with Crippen LogP contribution < -0.4 is 5.32 Å². The second-order valence-electron chi connectivity index (χ2n) is 6.77. The molecule has 0 atom stereocenters. The molecule has 0 aliphatic heterocycles. The number of pyridine rings is 1. The van der Waals surface area contributed by atoms with Crippen molar-refractivity contribution in [3.8, 4) is 0 Å². The zero-order chi connectivity index (χ0) is 19.5. The minimum absolute atomic E-state index is 0.106. The highest BCUT2D eigenvalue weighted by molar-refractivity contribution is 7.17. The fraction of sp³-hybridized carbons (Fsp3) is 0.227. The fourth-order valence-corrected chi connectivity index (χ4v) is 4.60. The number of ketones is 1. The van der Waals surface area contributed by atoms with E-state index in [-0.39, 0.29) is 12.4 Å². The molecule has 1 aromatic carbocycles. The first kappa shape index (κ1) is 18.4. The average Bonchev–Trinajstić information content (AvgIpc) is 3.28. The summed E-state index contributed by atoms with van der Waals surface area (Å²) < 4.78 is 5.32. The van der Waals surface area contributed by atoms with E-state index >= 15 is 0 Å². The van der Waals surface area contributed by atoms with Gasteiger partial charge in [0.2, 0.25) is 0 Å². The van der Waals surface area contributed by atoms with Crippen molar-refractivity contribution < 1.29 is 14.3 Å². The zero-order valence-electron chi connectivity index (χ0n) is 15.5. The molecule has 0 fully saturated rings. The molecular weight excluding hydrogens is 372 g/mol. The smallest absolute Gasteiger partial charge is 0.412 e. The molecule has 1 aliphatic carbocycles. The third-order valence-electron chi connectivity index (χ3n) is 4.75. The van der Waals surface area contributed by atoms with E-state index in [2.05, 4.69) is 10.3 Å². The van der Waals surface area contributed by atoms with Gasteiger partial charge < -0.3 is 4.74 Å². The molecule has 0 spiro atoms. The largest absolute Gasteiger partial charge is 0.444 e. The summed E-state index contributed by atoms with van der Waals surface area (Å²) in [6, 6.07) is 13.1. The van der Waals surface area contributed by atoms with Gasteiger partial charge in [-0.25, -0.2) is 4.79 Å². The van der Waals surface area contributed by atoms with E-state index in [1.807, 2.05) is 43.3 Å². The lowest BCUT2D eigenvalue weighted by molar-refractivity contribution is 0.103. The molecule has 0 radical (unpaired) electrons. The van der Waals surface area contributed by atoms with Gasteiger partial charge in [-0.2, -0.15) is 0 Å². The van der Waals surface area contributed by atoms with Gasteiger partial charge in [-0.15, -0.1) is 11.3 Å². The summed E-state index contributed by atoms with van der Waals surface area (Å²) in [6.07, 6.45) is 3.86. The van der Waals surface area contributed by atoms with Crippen LogP contribution in [0.2, 0.25) is 0 Å². The van der Waals surface area contributed by atoms with Crippen molar-refractivity contribution in [1.82, 2.24) is 4.98 Å². The van der Waals surface area contributed by atoms with E-state index < -0.39 is 6.09 Å². The SMILES string of the molecule is Cc1ccc(C(=O)c2c(NC(=O)OCc3ccccc3)sc3c2CCC3)cn1. The number of rotatable bonds is 5. The molecular formula is C22H20N2O3S. The summed E-state index contributed by atoms with van der Waals surface area (Å²) in [7, 11) is 0. The number of hydrogen-bond acceptors (Lipinski definition) is 5. The summed E-state index contributed by atoms with van der Waals surface area (Å²) >= 11 is 1.47. The third kappa shape index (κ3) is 3.82. The predicted molar refractivity (Wildman–Crippen MR) is 109 cm³/mol. The second-order valence-corrected chi connectivity index (χ2v) is 7.87. The molecule has 0 unspecified atom stereocenters. The summed E-state index contributed by atoms with van der Waals surface area (Å²) in [6.45, 7) is 2.06. The normalized spacial score (nSPS) is 12.5. The highest BCUT2D eigenvalue weighted by Crippen LogP contribution is 2.40. The molecule has 5 nitrogen and oxygen atoms in total. The molecule has 0 saturated heterocycles. The topological polar surface area (TPSA) is 68.3 Å². The number of ether oxygens (including phenoxy) is 1. The van der Waals surface area contributed by atoms with Gasteiger partial charge in [0.1, 0.15) is 11.6 Å². The number of carbonyl (C=O) groups is 2. The van der Waals surface area contributed by atoms with Gasteiger partial charge >= 0.3 is 6.09 Å². The fourth-order valence-electron chi connectivity index (χ4n) is 3.33. The lowest BCUT2D eigenvalue weighted by Gasteiger charge is -2.09. The average molecular weight is 392 g/mol. The van der Waals surface area contributed by atoms with Crippen molar-refractivity contribution in [3.63, 3.8) is 0 Å². The molecule has 142 valence electrons. The van der Waals surface area contributed by atoms with E-state index in [9.17, 15) is 9.59 Å². The van der Waals surface area contributed by atoms with Crippen LogP contribution in [0.3, 0.4) is 0 Å². The number of thiophene rings is 1.